The number of aromatic nitrogens is 1. The number of benzene rings is 2. The normalized spacial score (nSPS) is 12.4. The zero-order chi connectivity index (χ0) is 24.3. The molecule has 0 saturated heterocycles. The Kier molecular flexibility index (Phi) is 6.54. The number of nitrogens with zero attached hydrogens (tertiary/aromatic N) is 2. The maximum atomic E-state index is 13.1. The highest BCUT2D eigenvalue weighted by Crippen LogP contribution is 2.35. The van der Waals surface area contributed by atoms with E-state index < -0.39 is 5.54 Å². The second-order valence-electron chi connectivity index (χ2n) is 8.97. The highest BCUT2D eigenvalue weighted by molar-refractivity contribution is 5.75. The van der Waals surface area contributed by atoms with Crippen LogP contribution in [0.15, 0.2) is 47.0 Å². The Morgan fingerprint density at radius 1 is 1.03 bits per heavy atom. The fourth-order valence-electron chi connectivity index (χ4n) is 3.57. The summed E-state index contributed by atoms with van der Waals surface area (Å²) in [6, 6.07) is 12.7. The van der Waals surface area contributed by atoms with Crippen molar-refractivity contribution in [3.8, 4) is 34.3 Å². The quantitative estimate of drug-likeness (QED) is 0.543. The van der Waals surface area contributed by atoms with E-state index in [1.54, 1.807) is 31.3 Å². The van der Waals surface area contributed by atoms with Gasteiger partial charge in [-0.05, 0) is 50.6 Å². The van der Waals surface area contributed by atoms with Crippen LogP contribution in [0.4, 0.5) is 4.79 Å². The Bertz CT molecular complexity index is 1170. The molecule has 2 amide bonds. The van der Waals surface area contributed by atoms with Crippen LogP contribution in [0.5, 0.6) is 23.0 Å². The number of amides is 2. The lowest BCUT2D eigenvalue weighted by atomic mass is 10.1. The number of nitrogens with one attached hydrogen (secondary N) is 1. The van der Waals surface area contributed by atoms with E-state index >= 15 is 0 Å². The number of methoxy groups -OCH3 is 2. The Morgan fingerprint density at radius 2 is 1.82 bits per heavy atom. The van der Waals surface area contributed by atoms with E-state index in [1.807, 2.05) is 51.1 Å². The molecular weight excluding hydrogens is 438 g/mol. The first kappa shape index (κ1) is 23.3. The fraction of sp³-hybridized carbons (Fsp3) is 0.360. The average Bonchev–Trinajstić information content (AvgIpc) is 3.46. The lowest BCUT2D eigenvalue weighted by molar-refractivity contribution is 0.173. The molecule has 2 heterocycles. The number of hydrogen-bond acceptors (Lipinski definition) is 7. The van der Waals surface area contributed by atoms with Gasteiger partial charge in [0, 0.05) is 24.2 Å². The highest BCUT2D eigenvalue weighted by Gasteiger charge is 2.23. The topological polar surface area (TPSA) is 95.3 Å². The van der Waals surface area contributed by atoms with E-state index in [2.05, 4.69) is 10.5 Å². The summed E-state index contributed by atoms with van der Waals surface area (Å²) >= 11 is 0. The maximum Gasteiger partial charge on any atom is 0.318 e. The third-order valence-corrected chi connectivity index (χ3v) is 5.17. The number of urea groups is 1. The molecule has 0 spiro atoms. The molecule has 34 heavy (non-hydrogen) atoms. The molecule has 0 radical (unpaired) electrons. The van der Waals surface area contributed by atoms with E-state index in [1.165, 1.54) is 0 Å². The second-order valence-corrected chi connectivity index (χ2v) is 8.97. The monoisotopic (exact) mass is 467 g/mol. The summed E-state index contributed by atoms with van der Waals surface area (Å²) in [7, 11) is 3.18. The average molecular weight is 468 g/mol. The number of carbonyl (C=O) groups is 1. The first-order chi connectivity index (χ1) is 16.3. The summed E-state index contributed by atoms with van der Waals surface area (Å²) in [6.45, 7) is 6.62. The van der Waals surface area contributed by atoms with Gasteiger partial charge in [0.1, 0.15) is 17.2 Å². The predicted molar refractivity (Wildman–Crippen MR) is 125 cm³/mol. The van der Waals surface area contributed by atoms with Gasteiger partial charge in [-0.2, -0.15) is 0 Å². The molecule has 1 N–H and O–H groups in total. The first-order valence-corrected chi connectivity index (χ1v) is 10.9. The number of fused-ring (bicyclic) bond motifs is 1. The summed E-state index contributed by atoms with van der Waals surface area (Å²) in [6.07, 6.45) is 0. The van der Waals surface area contributed by atoms with Crippen LogP contribution in [-0.2, 0) is 13.1 Å². The smallest absolute Gasteiger partial charge is 0.318 e. The van der Waals surface area contributed by atoms with Crippen molar-refractivity contribution in [2.75, 3.05) is 21.0 Å². The first-order valence-electron chi connectivity index (χ1n) is 10.9. The Morgan fingerprint density at radius 3 is 2.56 bits per heavy atom. The van der Waals surface area contributed by atoms with Gasteiger partial charge < -0.3 is 33.7 Å². The third-order valence-electron chi connectivity index (χ3n) is 5.17. The maximum absolute atomic E-state index is 13.1. The molecule has 2 aromatic carbocycles. The van der Waals surface area contributed by atoms with Gasteiger partial charge in [-0.1, -0.05) is 11.2 Å². The molecule has 1 aromatic heterocycles. The van der Waals surface area contributed by atoms with E-state index in [-0.39, 0.29) is 19.4 Å². The zero-order valence-corrected chi connectivity index (χ0v) is 20.0. The van der Waals surface area contributed by atoms with Crippen molar-refractivity contribution < 1.29 is 28.3 Å². The summed E-state index contributed by atoms with van der Waals surface area (Å²) in [5.41, 5.74) is 1.87. The van der Waals surface area contributed by atoms with Crippen LogP contribution in [0.25, 0.3) is 11.3 Å². The van der Waals surface area contributed by atoms with Crippen LogP contribution in [-0.4, -0.2) is 42.6 Å². The summed E-state index contributed by atoms with van der Waals surface area (Å²) < 4.78 is 27.2. The Balaban J connectivity index is 1.57. The van der Waals surface area contributed by atoms with Gasteiger partial charge in [0.2, 0.25) is 6.79 Å². The minimum absolute atomic E-state index is 0.198. The summed E-state index contributed by atoms with van der Waals surface area (Å²) in [4.78, 5) is 14.8. The molecule has 1 aliphatic heterocycles. The molecule has 180 valence electrons. The van der Waals surface area contributed by atoms with Gasteiger partial charge in [-0.25, -0.2) is 4.79 Å². The van der Waals surface area contributed by atoms with Crippen LogP contribution >= 0.6 is 0 Å². The van der Waals surface area contributed by atoms with Crippen molar-refractivity contribution >= 4 is 6.03 Å². The van der Waals surface area contributed by atoms with Crippen molar-refractivity contribution in [1.29, 1.82) is 0 Å². The van der Waals surface area contributed by atoms with Gasteiger partial charge in [-0.15, -0.1) is 0 Å². The SMILES string of the molecule is COc1ccc(-c2cc(CN(Cc3ccc4c(c3)OCO4)C(=O)NC(C)(C)C)no2)c(OC)c1. The summed E-state index contributed by atoms with van der Waals surface area (Å²) in [5, 5.41) is 7.22. The lowest BCUT2D eigenvalue weighted by Crippen LogP contribution is -2.48. The summed E-state index contributed by atoms with van der Waals surface area (Å²) in [5.74, 6) is 3.18. The van der Waals surface area contributed by atoms with Gasteiger partial charge >= 0.3 is 6.03 Å². The van der Waals surface area contributed by atoms with Crippen molar-refractivity contribution in [2.45, 2.75) is 39.4 Å². The molecule has 9 heteroatoms. The van der Waals surface area contributed by atoms with Crippen LogP contribution in [0.3, 0.4) is 0 Å². The van der Waals surface area contributed by atoms with Crippen LogP contribution < -0.4 is 24.3 Å². The van der Waals surface area contributed by atoms with E-state index in [0.717, 1.165) is 11.1 Å². The second kappa shape index (κ2) is 9.54. The van der Waals surface area contributed by atoms with Crippen LogP contribution in [0.1, 0.15) is 32.0 Å². The molecule has 0 fully saturated rings. The number of ether oxygens (including phenoxy) is 4. The molecule has 4 rings (SSSR count). The Hall–Kier alpha value is -3.88. The van der Waals surface area contributed by atoms with Crippen molar-refractivity contribution in [2.24, 2.45) is 0 Å². The predicted octanol–water partition coefficient (Wildman–Crippen LogP) is 4.60. The van der Waals surface area contributed by atoms with Crippen molar-refractivity contribution in [1.82, 2.24) is 15.4 Å². The van der Waals surface area contributed by atoms with Gasteiger partial charge in [0.25, 0.3) is 0 Å². The number of rotatable bonds is 7. The zero-order valence-electron chi connectivity index (χ0n) is 20.0. The molecule has 0 atom stereocenters. The van der Waals surface area contributed by atoms with Gasteiger partial charge in [0.15, 0.2) is 17.3 Å². The van der Waals surface area contributed by atoms with E-state index in [9.17, 15) is 4.79 Å². The minimum atomic E-state index is -0.393. The standard InChI is InChI=1S/C25H29N3O6/c1-25(2,3)26-24(29)28(13-16-6-9-20-23(10-16)33-15-32-20)14-17-11-22(34-27-17)19-8-7-18(30-4)12-21(19)31-5/h6-12H,13-15H2,1-5H3,(H,26,29). The molecule has 0 aliphatic carbocycles. The highest BCUT2D eigenvalue weighted by atomic mass is 16.7. The van der Waals surface area contributed by atoms with Gasteiger partial charge in [0.05, 0.1) is 26.3 Å². The largest absolute Gasteiger partial charge is 0.497 e. The number of hydrogen-bond donors (Lipinski definition) is 1. The van der Waals surface area contributed by atoms with Crippen LogP contribution in [0.2, 0.25) is 0 Å². The minimum Gasteiger partial charge on any atom is -0.497 e. The van der Waals surface area contributed by atoms with E-state index in [4.69, 9.17) is 23.5 Å². The van der Waals surface area contributed by atoms with Crippen LogP contribution in [0, 0.1) is 0 Å². The van der Waals surface area contributed by atoms with Crippen molar-refractivity contribution in [3.05, 3.63) is 53.7 Å². The number of carbonyl (C=O) groups excluding carboxylic acids is 1. The molecule has 0 saturated carbocycles. The molecule has 3 aromatic rings. The van der Waals surface area contributed by atoms with E-state index in [0.29, 0.717) is 41.0 Å². The molecular formula is C25H29N3O6. The van der Waals surface area contributed by atoms with Crippen molar-refractivity contribution in [3.63, 3.8) is 0 Å². The molecule has 0 unspecified atom stereocenters. The molecule has 9 nitrogen and oxygen atoms in total. The fourth-order valence-corrected chi connectivity index (χ4v) is 3.57. The Labute approximate surface area is 198 Å². The molecule has 0 bridgehead atoms. The third kappa shape index (κ3) is 5.36. The lowest BCUT2D eigenvalue weighted by Gasteiger charge is -2.28. The van der Waals surface area contributed by atoms with Gasteiger partial charge in [-0.3, -0.25) is 0 Å². The molecule has 1 aliphatic rings.